The molecule has 11 heteroatoms. The Hall–Kier alpha value is -5.52. The molecule has 1 aliphatic heterocycles. The third kappa shape index (κ3) is 7.01. The van der Waals surface area contributed by atoms with Gasteiger partial charge < -0.3 is 34.6 Å². The number of halogens is 1. The molecular weight excluding hydrogens is 603 g/mol. The van der Waals surface area contributed by atoms with Gasteiger partial charge in [0.2, 0.25) is 5.43 Å². The number of benzene rings is 3. The SMILES string of the molecule is COc1ccc(-c2cnc(N)c(-c3ccc(NC(=O)c4cn(C[C@H]5COCCO5)cc(-c5ccc(F)cc5)c4=O)cc3)c2)cc1OC. The quantitative estimate of drug-likeness (QED) is 0.213. The number of amides is 1. The van der Waals surface area contributed by atoms with Gasteiger partial charge in [-0.05, 0) is 59.2 Å². The molecule has 3 heterocycles. The third-order valence-corrected chi connectivity index (χ3v) is 7.87. The van der Waals surface area contributed by atoms with Gasteiger partial charge in [-0.15, -0.1) is 0 Å². The highest BCUT2D eigenvalue weighted by Gasteiger charge is 2.20. The summed E-state index contributed by atoms with van der Waals surface area (Å²) < 4.78 is 37.5. The number of carbonyl (C=O) groups is 1. The van der Waals surface area contributed by atoms with Crippen molar-refractivity contribution in [1.82, 2.24) is 9.55 Å². The number of methoxy groups -OCH3 is 2. The topological polar surface area (TPSA) is 127 Å². The van der Waals surface area contributed by atoms with Crippen molar-refractivity contribution in [3.05, 3.63) is 113 Å². The molecule has 1 fully saturated rings. The van der Waals surface area contributed by atoms with E-state index in [1.165, 1.54) is 30.5 Å². The van der Waals surface area contributed by atoms with E-state index < -0.39 is 17.2 Å². The highest BCUT2D eigenvalue weighted by atomic mass is 19.1. The van der Waals surface area contributed by atoms with Gasteiger partial charge in [0.15, 0.2) is 11.5 Å². The second-order valence-electron chi connectivity index (χ2n) is 10.9. The van der Waals surface area contributed by atoms with Gasteiger partial charge in [-0.3, -0.25) is 9.59 Å². The number of hydrogen-bond acceptors (Lipinski definition) is 8. The average Bonchev–Trinajstić information content (AvgIpc) is 3.10. The van der Waals surface area contributed by atoms with Crippen molar-refractivity contribution in [2.24, 2.45) is 0 Å². The van der Waals surface area contributed by atoms with Crippen LogP contribution in [0.4, 0.5) is 15.9 Å². The summed E-state index contributed by atoms with van der Waals surface area (Å²) in [5, 5.41) is 2.83. The summed E-state index contributed by atoms with van der Waals surface area (Å²) in [7, 11) is 3.16. The van der Waals surface area contributed by atoms with Crippen molar-refractivity contribution in [3.63, 3.8) is 0 Å². The van der Waals surface area contributed by atoms with Crippen molar-refractivity contribution in [2.45, 2.75) is 12.6 Å². The van der Waals surface area contributed by atoms with Crippen molar-refractivity contribution in [1.29, 1.82) is 0 Å². The van der Waals surface area contributed by atoms with E-state index in [1.807, 2.05) is 36.4 Å². The highest BCUT2D eigenvalue weighted by Crippen LogP contribution is 2.35. The summed E-state index contributed by atoms with van der Waals surface area (Å²) in [6.07, 6.45) is 4.59. The molecule has 6 rings (SSSR count). The number of aromatic nitrogens is 2. The van der Waals surface area contributed by atoms with Gasteiger partial charge in [0.05, 0.1) is 46.7 Å². The highest BCUT2D eigenvalue weighted by molar-refractivity contribution is 6.04. The van der Waals surface area contributed by atoms with Crippen LogP contribution in [-0.4, -0.2) is 55.6 Å². The van der Waals surface area contributed by atoms with E-state index in [-0.39, 0.29) is 17.2 Å². The standard InChI is InChI=1S/C36H33FN4O6/c1-44-32-12-7-24(16-33(32)45-2)25-15-29(35(38)39-17-25)22-5-10-27(11-6-22)40-36(43)31-20-41(18-28-21-46-13-14-47-28)19-30(34(31)42)23-3-8-26(37)9-4-23/h3-12,15-17,19-20,28H,13-14,18,21H2,1-2H3,(H2,38,39)(H,40,43)/t28-/m0/s1. The fourth-order valence-electron chi connectivity index (χ4n) is 5.42. The number of nitrogen functional groups attached to an aromatic ring is 1. The molecule has 1 saturated heterocycles. The Balaban J connectivity index is 1.26. The predicted molar refractivity (Wildman–Crippen MR) is 177 cm³/mol. The molecule has 1 aliphatic rings. The molecule has 3 N–H and O–H groups in total. The number of anilines is 2. The molecule has 5 aromatic rings. The van der Waals surface area contributed by atoms with Gasteiger partial charge in [-0.2, -0.15) is 0 Å². The number of rotatable bonds is 9. The Labute approximate surface area is 270 Å². The number of pyridine rings is 2. The van der Waals surface area contributed by atoms with Gasteiger partial charge in [-0.25, -0.2) is 9.37 Å². The van der Waals surface area contributed by atoms with Crippen LogP contribution >= 0.6 is 0 Å². The van der Waals surface area contributed by atoms with E-state index in [2.05, 4.69) is 10.3 Å². The molecule has 0 saturated carbocycles. The van der Waals surface area contributed by atoms with E-state index >= 15 is 0 Å². The van der Waals surface area contributed by atoms with Gasteiger partial charge in [0.25, 0.3) is 5.91 Å². The summed E-state index contributed by atoms with van der Waals surface area (Å²) in [5.41, 5.74) is 10.1. The lowest BCUT2D eigenvalue weighted by molar-refractivity contribution is -0.0936. The van der Waals surface area contributed by atoms with Crippen LogP contribution in [0.15, 0.2) is 96.2 Å². The Kier molecular flexibility index (Phi) is 9.28. The van der Waals surface area contributed by atoms with Crippen LogP contribution in [0.1, 0.15) is 10.4 Å². The molecule has 0 radical (unpaired) electrons. The van der Waals surface area contributed by atoms with Crippen LogP contribution in [0.3, 0.4) is 0 Å². The van der Waals surface area contributed by atoms with Crippen LogP contribution in [-0.2, 0) is 16.0 Å². The number of ether oxygens (including phenoxy) is 4. The van der Waals surface area contributed by atoms with Gasteiger partial charge in [0.1, 0.15) is 17.2 Å². The first-order chi connectivity index (χ1) is 22.8. The number of carbonyl (C=O) groups excluding carboxylic acids is 1. The summed E-state index contributed by atoms with van der Waals surface area (Å²) in [6, 6.07) is 20.2. The summed E-state index contributed by atoms with van der Waals surface area (Å²) in [5.74, 6) is 0.542. The van der Waals surface area contributed by atoms with Crippen LogP contribution in [0.5, 0.6) is 11.5 Å². The third-order valence-electron chi connectivity index (χ3n) is 7.87. The fraction of sp³-hybridized carbons (Fsp3) is 0.194. The maximum Gasteiger partial charge on any atom is 0.261 e. The van der Waals surface area contributed by atoms with Gasteiger partial charge >= 0.3 is 0 Å². The number of hydrogen-bond donors (Lipinski definition) is 2. The van der Waals surface area contributed by atoms with Crippen molar-refractivity contribution < 1.29 is 28.1 Å². The van der Waals surface area contributed by atoms with Crippen molar-refractivity contribution in [3.8, 4) is 44.9 Å². The number of nitrogens with two attached hydrogens (primary N) is 1. The monoisotopic (exact) mass is 636 g/mol. The molecule has 240 valence electrons. The fourth-order valence-corrected chi connectivity index (χ4v) is 5.42. The molecule has 10 nitrogen and oxygen atoms in total. The van der Waals surface area contributed by atoms with E-state index in [0.717, 1.165) is 16.7 Å². The lowest BCUT2D eigenvalue weighted by atomic mass is 10.0. The summed E-state index contributed by atoms with van der Waals surface area (Å²) >= 11 is 0. The second-order valence-corrected chi connectivity index (χ2v) is 10.9. The lowest BCUT2D eigenvalue weighted by Crippen LogP contribution is -2.33. The number of nitrogens with one attached hydrogen (secondary N) is 1. The van der Waals surface area contributed by atoms with Crippen molar-refractivity contribution in [2.75, 3.05) is 45.1 Å². The lowest BCUT2D eigenvalue weighted by Gasteiger charge is -2.24. The van der Waals surface area contributed by atoms with E-state index in [9.17, 15) is 14.0 Å². The van der Waals surface area contributed by atoms with Crippen LogP contribution in [0, 0.1) is 5.82 Å². The Morgan fingerprint density at radius 2 is 1.62 bits per heavy atom. The molecule has 0 spiro atoms. The Morgan fingerprint density at radius 3 is 2.32 bits per heavy atom. The van der Waals surface area contributed by atoms with Crippen LogP contribution in [0.25, 0.3) is 33.4 Å². The molecule has 1 atom stereocenters. The minimum Gasteiger partial charge on any atom is -0.493 e. The van der Waals surface area contributed by atoms with Crippen LogP contribution in [0.2, 0.25) is 0 Å². The maximum absolute atomic E-state index is 13.7. The Morgan fingerprint density at radius 1 is 0.915 bits per heavy atom. The first-order valence-corrected chi connectivity index (χ1v) is 14.9. The Bertz CT molecular complexity index is 1950. The zero-order chi connectivity index (χ0) is 32.9. The molecule has 1 amide bonds. The molecular formula is C36H33FN4O6. The van der Waals surface area contributed by atoms with E-state index in [4.69, 9.17) is 24.7 Å². The first kappa shape index (κ1) is 31.5. The van der Waals surface area contributed by atoms with Crippen molar-refractivity contribution >= 4 is 17.4 Å². The predicted octanol–water partition coefficient (Wildman–Crippen LogP) is 5.65. The zero-order valence-corrected chi connectivity index (χ0v) is 25.9. The molecule has 47 heavy (non-hydrogen) atoms. The largest absolute Gasteiger partial charge is 0.493 e. The zero-order valence-electron chi connectivity index (χ0n) is 25.9. The van der Waals surface area contributed by atoms with Gasteiger partial charge in [0, 0.05) is 41.0 Å². The molecule has 0 bridgehead atoms. The first-order valence-electron chi connectivity index (χ1n) is 14.9. The number of nitrogens with zero attached hydrogens (tertiary/aromatic N) is 2. The average molecular weight is 637 g/mol. The van der Waals surface area contributed by atoms with Crippen LogP contribution < -0.4 is 26.0 Å². The minimum absolute atomic E-state index is 0.0660. The molecule has 3 aromatic carbocycles. The maximum atomic E-state index is 13.7. The smallest absolute Gasteiger partial charge is 0.261 e. The summed E-state index contributed by atoms with van der Waals surface area (Å²) in [6.45, 7) is 1.73. The minimum atomic E-state index is -0.585. The normalized spacial score (nSPS) is 14.4. The molecule has 2 aromatic heterocycles. The van der Waals surface area contributed by atoms with E-state index in [0.29, 0.717) is 60.5 Å². The second kappa shape index (κ2) is 13.9. The molecule has 0 unspecified atom stereocenters. The van der Waals surface area contributed by atoms with Gasteiger partial charge in [-0.1, -0.05) is 30.3 Å². The van der Waals surface area contributed by atoms with E-state index in [1.54, 1.807) is 43.3 Å². The summed E-state index contributed by atoms with van der Waals surface area (Å²) in [4.78, 5) is 31.5. The molecule has 0 aliphatic carbocycles.